The number of hydrogen-bond acceptors (Lipinski definition) is 2. The van der Waals surface area contributed by atoms with Crippen molar-refractivity contribution in [2.45, 2.75) is 45.1 Å². The van der Waals surface area contributed by atoms with E-state index in [-0.39, 0.29) is 23.6 Å². The summed E-state index contributed by atoms with van der Waals surface area (Å²) in [6.07, 6.45) is 5.64. The molecule has 0 radical (unpaired) electrons. The minimum absolute atomic E-state index is 0.00852. The Kier molecular flexibility index (Phi) is 5.85. The molecule has 2 rings (SSSR count). The summed E-state index contributed by atoms with van der Waals surface area (Å²) in [6.45, 7) is 2.14. The highest BCUT2D eigenvalue weighted by Crippen LogP contribution is 2.26. The Labute approximate surface area is 129 Å². The molecule has 1 aromatic carbocycles. The van der Waals surface area contributed by atoms with Crippen LogP contribution in [0.1, 0.15) is 39.0 Å². The van der Waals surface area contributed by atoms with Crippen molar-refractivity contribution in [2.75, 3.05) is 6.61 Å². The Bertz CT molecular complexity index is 487. The average Bonchev–Trinajstić information content (AvgIpc) is 2.49. The van der Waals surface area contributed by atoms with Gasteiger partial charge in [-0.05, 0) is 43.7 Å². The van der Waals surface area contributed by atoms with Crippen molar-refractivity contribution in [1.29, 1.82) is 0 Å². The van der Waals surface area contributed by atoms with Crippen molar-refractivity contribution in [3.8, 4) is 5.75 Å². The zero-order valence-electron chi connectivity index (χ0n) is 12.2. The van der Waals surface area contributed by atoms with Gasteiger partial charge in [-0.25, -0.2) is 4.39 Å². The zero-order valence-corrected chi connectivity index (χ0v) is 13.0. The third kappa shape index (κ3) is 4.88. The fourth-order valence-corrected chi connectivity index (χ4v) is 2.87. The summed E-state index contributed by atoms with van der Waals surface area (Å²) in [5.41, 5.74) is 0. The molecule has 1 aliphatic carbocycles. The quantitative estimate of drug-likeness (QED) is 0.894. The summed E-state index contributed by atoms with van der Waals surface area (Å²) in [7, 11) is 0. The first-order valence-corrected chi connectivity index (χ1v) is 7.83. The van der Waals surface area contributed by atoms with Crippen molar-refractivity contribution >= 4 is 17.5 Å². The van der Waals surface area contributed by atoms with Gasteiger partial charge in [-0.15, -0.1) is 0 Å². The minimum Gasteiger partial charge on any atom is -0.484 e. The summed E-state index contributed by atoms with van der Waals surface area (Å²) in [6, 6.07) is 4.31. The lowest BCUT2D eigenvalue weighted by molar-refractivity contribution is -0.124. The van der Waals surface area contributed by atoms with Crippen LogP contribution in [0.4, 0.5) is 4.39 Å². The molecule has 1 aliphatic rings. The lowest BCUT2D eigenvalue weighted by Crippen LogP contribution is -2.40. The van der Waals surface area contributed by atoms with Gasteiger partial charge in [0.2, 0.25) is 0 Å². The molecule has 116 valence electrons. The summed E-state index contributed by atoms with van der Waals surface area (Å²) in [4.78, 5) is 11.8. The summed E-state index contributed by atoms with van der Waals surface area (Å²) in [5.74, 6) is 0.554. The van der Waals surface area contributed by atoms with E-state index < -0.39 is 5.82 Å². The van der Waals surface area contributed by atoms with Gasteiger partial charge in [-0.1, -0.05) is 24.9 Å². The van der Waals surface area contributed by atoms with Crippen molar-refractivity contribution in [3.05, 3.63) is 29.0 Å². The molecule has 5 heteroatoms. The second-order valence-electron chi connectivity index (χ2n) is 5.56. The highest BCUT2D eigenvalue weighted by Gasteiger charge is 2.21. The van der Waals surface area contributed by atoms with Crippen molar-refractivity contribution in [2.24, 2.45) is 5.92 Å². The number of nitrogens with one attached hydrogen (secondary N) is 1. The second-order valence-corrected chi connectivity index (χ2v) is 5.97. The normalized spacial score (nSPS) is 21.9. The molecule has 0 atom stereocenters. The van der Waals surface area contributed by atoms with Crippen LogP contribution in [-0.4, -0.2) is 18.6 Å². The van der Waals surface area contributed by atoms with E-state index in [1.54, 1.807) is 0 Å². The molecule has 1 fully saturated rings. The number of rotatable bonds is 5. The minimum atomic E-state index is -0.499. The molecule has 3 nitrogen and oxygen atoms in total. The maximum atomic E-state index is 13.0. The Balaban J connectivity index is 1.73. The molecule has 0 saturated heterocycles. The highest BCUT2D eigenvalue weighted by atomic mass is 35.5. The van der Waals surface area contributed by atoms with Gasteiger partial charge < -0.3 is 10.1 Å². The average molecular weight is 314 g/mol. The zero-order chi connectivity index (χ0) is 15.2. The molecule has 0 aliphatic heterocycles. The van der Waals surface area contributed by atoms with Crippen molar-refractivity contribution in [1.82, 2.24) is 5.32 Å². The van der Waals surface area contributed by atoms with E-state index in [2.05, 4.69) is 12.2 Å². The molecule has 0 bridgehead atoms. The lowest BCUT2D eigenvalue weighted by atomic mass is 9.84. The maximum Gasteiger partial charge on any atom is 0.258 e. The molecule has 0 heterocycles. The van der Waals surface area contributed by atoms with Crippen LogP contribution in [0.2, 0.25) is 5.02 Å². The van der Waals surface area contributed by atoms with Crippen LogP contribution in [0.5, 0.6) is 5.75 Å². The molecule has 1 amide bonds. The monoisotopic (exact) mass is 313 g/mol. The second kappa shape index (κ2) is 7.64. The van der Waals surface area contributed by atoms with E-state index in [0.29, 0.717) is 5.75 Å². The van der Waals surface area contributed by atoms with Gasteiger partial charge in [0, 0.05) is 12.1 Å². The number of amides is 1. The van der Waals surface area contributed by atoms with E-state index in [0.717, 1.165) is 18.8 Å². The van der Waals surface area contributed by atoms with Crippen LogP contribution in [0.25, 0.3) is 0 Å². The lowest BCUT2D eigenvalue weighted by Gasteiger charge is -2.28. The van der Waals surface area contributed by atoms with Gasteiger partial charge in [-0.3, -0.25) is 4.79 Å². The van der Waals surface area contributed by atoms with E-state index >= 15 is 0 Å². The standard InChI is InChI=1S/C16H21ClFNO2/c1-2-11-3-5-12(6-4-11)19-16(20)10-21-13-7-8-15(18)14(17)9-13/h7-9,11-12H,2-6,10H2,1H3,(H,19,20). The fraction of sp³-hybridized carbons (Fsp3) is 0.562. The largest absolute Gasteiger partial charge is 0.484 e. The van der Waals surface area contributed by atoms with Crippen LogP contribution in [0.3, 0.4) is 0 Å². The number of carbonyl (C=O) groups excluding carboxylic acids is 1. The van der Waals surface area contributed by atoms with Crippen LogP contribution >= 0.6 is 11.6 Å². The molecular weight excluding hydrogens is 293 g/mol. The van der Waals surface area contributed by atoms with E-state index in [9.17, 15) is 9.18 Å². The number of benzene rings is 1. The molecule has 1 aromatic rings. The third-order valence-corrected chi connectivity index (χ3v) is 4.34. The Hall–Kier alpha value is -1.29. The summed E-state index contributed by atoms with van der Waals surface area (Å²) < 4.78 is 18.3. The maximum absolute atomic E-state index is 13.0. The predicted molar refractivity (Wildman–Crippen MR) is 81.1 cm³/mol. The topological polar surface area (TPSA) is 38.3 Å². The number of ether oxygens (including phenoxy) is 1. The molecule has 0 spiro atoms. The first-order chi connectivity index (χ1) is 10.1. The summed E-state index contributed by atoms with van der Waals surface area (Å²) in [5, 5.41) is 2.98. The van der Waals surface area contributed by atoms with Crippen LogP contribution in [0, 0.1) is 11.7 Å². The number of halogens is 2. The molecular formula is C16H21ClFNO2. The molecule has 0 aromatic heterocycles. The molecule has 0 unspecified atom stereocenters. The van der Waals surface area contributed by atoms with E-state index in [4.69, 9.17) is 16.3 Å². The van der Waals surface area contributed by atoms with Gasteiger partial charge >= 0.3 is 0 Å². The Morgan fingerprint density at radius 1 is 1.38 bits per heavy atom. The smallest absolute Gasteiger partial charge is 0.258 e. The van der Waals surface area contributed by atoms with Crippen LogP contribution < -0.4 is 10.1 Å². The fourth-order valence-electron chi connectivity index (χ4n) is 2.70. The van der Waals surface area contributed by atoms with Gasteiger partial charge in [0.25, 0.3) is 5.91 Å². The van der Waals surface area contributed by atoms with Crippen LogP contribution in [-0.2, 0) is 4.79 Å². The van der Waals surface area contributed by atoms with E-state index in [1.165, 1.54) is 37.5 Å². The molecule has 1 N–H and O–H groups in total. The van der Waals surface area contributed by atoms with E-state index in [1.807, 2.05) is 0 Å². The third-order valence-electron chi connectivity index (χ3n) is 4.05. The first kappa shape index (κ1) is 16.1. The van der Waals surface area contributed by atoms with Gasteiger partial charge in [0.05, 0.1) is 5.02 Å². The van der Waals surface area contributed by atoms with Gasteiger partial charge in [0.1, 0.15) is 11.6 Å². The SMILES string of the molecule is CCC1CCC(NC(=O)COc2ccc(F)c(Cl)c2)CC1. The highest BCUT2D eigenvalue weighted by molar-refractivity contribution is 6.30. The predicted octanol–water partition coefficient (Wildman–Crippen LogP) is 3.94. The van der Waals surface area contributed by atoms with Crippen molar-refractivity contribution < 1.29 is 13.9 Å². The summed E-state index contributed by atoms with van der Waals surface area (Å²) >= 11 is 5.66. The van der Waals surface area contributed by atoms with Crippen molar-refractivity contribution in [3.63, 3.8) is 0 Å². The first-order valence-electron chi connectivity index (χ1n) is 7.45. The number of hydrogen-bond donors (Lipinski definition) is 1. The molecule has 1 saturated carbocycles. The van der Waals surface area contributed by atoms with Gasteiger partial charge in [-0.2, -0.15) is 0 Å². The van der Waals surface area contributed by atoms with Gasteiger partial charge in [0.15, 0.2) is 6.61 Å². The Morgan fingerprint density at radius 2 is 2.10 bits per heavy atom. The molecule has 21 heavy (non-hydrogen) atoms. The number of carbonyl (C=O) groups is 1. The Morgan fingerprint density at radius 3 is 2.71 bits per heavy atom. The van der Waals surface area contributed by atoms with Crippen LogP contribution in [0.15, 0.2) is 18.2 Å².